The second-order valence-corrected chi connectivity index (χ2v) is 6.34. The van der Waals surface area contributed by atoms with Crippen LogP contribution in [-0.2, 0) is 9.59 Å². The number of carbonyl (C=O) groups excluding carboxylic acids is 2. The fraction of sp³-hybridized carbons (Fsp3) is 0.857. The molecule has 2 amide bonds. The maximum atomic E-state index is 11.9. The zero-order valence-corrected chi connectivity index (χ0v) is 13.6. The fourth-order valence-electron chi connectivity index (χ4n) is 2.94. The normalized spacial score (nSPS) is 25.7. The molecule has 3 N–H and O–H groups in total. The van der Waals surface area contributed by atoms with Crippen molar-refractivity contribution < 1.29 is 9.59 Å². The van der Waals surface area contributed by atoms with E-state index < -0.39 is 0 Å². The van der Waals surface area contributed by atoms with Crippen LogP contribution in [0.4, 0.5) is 0 Å². The molecular formula is C14H27ClN4O2. The third-order valence-electron chi connectivity index (χ3n) is 4.39. The minimum Gasteiger partial charge on any atom is -0.346 e. The second-order valence-electron chi connectivity index (χ2n) is 6.34. The Balaban J connectivity index is 0.00000220. The van der Waals surface area contributed by atoms with Crippen LogP contribution in [0.2, 0.25) is 0 Å². The number of nitrogens with two attached hydrogens (primary N) is 1. The monoisotopic (exact) mass is 318 g/mol. The number of nitrogens with zero attached hydrogens (tertiary/aromatic N) is 2. The van der Waals surface area contributed by atoms with Crippen molar-refractivity contribution in [2.24, 2.45) is 11.1 Å². The largest absolute Gasteiger partial charge is 0.346 e. The molecule has 2 aliphatic heterocycles. The quantitative estimate of drug-likeness (QED) is 0.737. The molecule has 0 bridgehead atoms. The number of likely N-dealkylation sites (tertiary alicyclic amines) is 2. The van der Waals surface area contributed by atoms with Crippen LogP contribution >= 0.6 is 12.4 Å². The summed E-state index contributed by atoms with van der Waals surface area (Å²) in [4.78, 5) is 27.6. The van der Waals surface area contributed by atoms with Crippen molar-refractivity contribution in [2.75, 3.05) is 45.8 Å². The van der Waals surface area contributed by atoms with Crippen molar-refractivity contribution in [1.29, 1.82) is 0 Å². The molecule has 2 aliphatic rings. The summed E-state index contributed by atoms with van der Waals surface area (Å²) >= 11 is 0. The minimum absolute atomic E-state index is 0. The number of amides is 2. The van der Waals surface area contributed by atoms with Crippen LogP contribution in [0.25, 0.3) is 0 Å². The van der Waals surface area contributed by atoms with E-state index in [-0.39, 0.29) is 36.2 Å². The highest BCUT2D eigenvalue weighted by molar-refractivity contribution is 5.86. The maximum absolute atomic E-state index is 11.9. The number of halogens is 1. The van der Waals surface area contributed by atoms with E-state index in [1.807, 2.05) is 4.90 Å². The van der Waals surface area contributed by atoms with Crippen LogP contribution < -0.4 is 11.1 Å². The highest BCUT2D eigenvalue weighted by Gasteiger charge is 2.33. The lowest BCUT2D eigenvalue weighted by Crippen LogP contribution is -2.43. The first-order chi connectivity index (χ1) is 9.52. The Morgan fingerprint density at radius 2 is 1.90 bits per heavy atom. The van der Waals surface area contributed by atoms with Crippen molar-refractivity contribution >= 4 is 24.2 Å². The number of rotatable bonds is 5. The van der Waals surface area contributed by atoms with E-state index in [1.54, 1.807) is 0 Å². The number of hydrogen-bond donors (Lipinski definition) is 2. The van der Waals surface area contributed by atoms with Gasteiger partial charge in [-0.1, -0.05) is 6.92 Å². The standard InChI is InChI=1S/C14H26N4O2.ClH/c1-14(10-15)4-7-17(11-14)9-12(19)16-8-13(20)18-5-2-3-6-18;/h2-11,15H2,1H3,(H,16,19);1H. The van der Waals surface area contributed by atoms with E-state index in [1.165, 1.54) is 0 Å². The van der Waals surface area contributed by atoms with Crippen LogP contribution in [0, 0.1) is 5.41 Å². The summed E-state index contributed by atoms with van der Waals surface area (Å²) in [5, 5.41) is 2.73. The summed E-state index contributed by atoms with van der Waals surface area (Å²) in [5.41, 5.74) is 5.88. The van der Waals surface area contributed by atoms with Gasteiger partial charge in [-0.15, -0.1) is 12.4 Å². The molecule has 0 saturated carbocycles. The van der Waals surface area contributed by atoms with Crippen molar-refractivity contribution in [2.45, 2.75) is 26.2 Å². The van der Waals surface area contributed by atoms with E-state index in [0.29, 0.717) is 13.1 Å². The molecule has 2 saturated heterocycles. The highest BCUT2D eigenvalue weighted by Crippen LogP contribution is 2.27. The molecule has 0 aromatic carbocycles. The van der Waals surface area contributed by atoms with Gasteiger partial charge in [-0.3, -0.25) is 14.5 Å². The molecule has 122 valence electrons. The van der Waals surface area contributed by atoms with Crippen LogP contribution in [0.3, 0.4) is 0 Å². The molecule has 2 rings (SSSR count). The van der Waals surface area contributed by atoms with Gasteiger partial charge >= 0.3 is 0 Å². The maximum Gasteiger partial charge on any atom is 0.241 e. The van der Waals surface area contributed by atoms with E-state index in [9.17, 15) is 9.59 Å². The molecule has 0 aromatic rings. The zero-order valence-electron chi connectivity index (χ0n) is 12.8. The summed E-state index contributed by atoms with van der Waals surface area (Å²) in [6.07, 6.45) is 3.18. The van der Waals surface area contributed by atoms with Crippen molar-refractivity contribution in [3.05, 3.63) is 0 Å². The summed E-state index contributed by atoms with van der Waals surface area (Å²) in [6, 6.07) is 0. The number of carbonyl (C=O) groups is 2. The van der Waals surface area contributed by atoms with Crippen LogP contribution in [0.1, 0.15) is 26.2 Å². The lowest BCUT2D eigenvalue weighted by molar-refractivity contribution is -0.132. The first-order valence-corrected chi connectivity index (χ1v) is 7.49. The lowest BCUT2D eigenvalue weighted by Gasteiger charge is -2.22. The van der Waals surface area contributed by atoms with Gasteiger partial charge in [0.2, 0.25) is 11.8 Å². The van der Waals surface area contributed by atoms with Gasteiger partial charge in [0, 0.05) is 19.6 Å². The Kier molecular flexibility index (Phi) is 6.90. The Hall–Kier alpha value is -0.850. The smallest absolute Gasteiger partial charge is 0.241 e. The van der Waals surface area contributed by atoms with E-state index in [4.69, 9.17) is 5.73 Å². The van der Waals surface area contributed by atoms with Gasteiger partial charge in [0.05, 0.1) is 13.1 Å². The van der Waals surface area contributed by atoms with Gasteiger partial charge < -0.3 is 16.0 Å². The molecule has 2 fully saturated rings. The molecule has 6 nitrogen and oxygen atoms in total. The zero-order chi connectivity index (χ0) is 14.6. The van der Waals surface area contributed by atoms with Crippen LogP contribution in [-0.4, -0.2) is 67.4 Å². The number of nitrogens with one attached hydrogen (secondary N) is 1. The molecule has 0 spiro atoms. The average molecular weight is 319 g/mol. The molecule has 0 radical (unpaired) electrons. The topological polar surface area (TPSA) is 78.7 Å². The van der Waals surface area contributed by atoms with Gasteiger partial charge in [0.15, 0.2) is 0 Å². The van der Waals surface area contributed by atoms with E-state index in [2.05, 4.69) is 17.1 Å². The SMILES string of the molecule is CC1(CN)CCN(CC(=O)NCC(=O)N2CCCC2)C1.Cl. The van der Waals surface area contributed by atoms with E-state index >= 15 is 0 Å². The van der Waals surface area contributed by atoms with Gasteiger partial charge in [0.25, 0.3) is 0 Å². The lowest BCUT2D eigenvalue weighted by atomic mass is 9.90. The summed E-state index contributed by atoms with van der Waals surface area (Å²) in [7, 11) is 0. The van der Waals surface area contributed by atoms with Gasteiger partial charge in [-0.25, -0.2) is 0 Å². The summed E-state index contributed by atoms with van der Waals surface area (Å²) < 4.78 is 0. The average Bonchev–Trinajstić information content (AvgIpc) is 3.07. The first-order valence-electron chi connectivity index (χ1n) is 7.49. The first kappa shape index (κ1) is 18.2. The Morgan fingerprint density at radius 1 is 1.24 bits per heavy atom. The summed E-state index contributed by atoms with van der Waals surface area (Å²) in [5.74, 6) is -0.0390. The molecule has 1 atom stereocenters. The molecule has 0 aliphatic carbocycles. The third-order valence-corrected chi connectivity index (χ3v) is 4.39. The molecule has 0 aromatic heterocycles. The molecule has 7 heteroatoms. The fourth-order valence-corrected chi connectivity index (χ4v) is 2.94. The third kappa shape index (κ3) is 5.13. The molecular weight excluding hydrogens is 292 g/mol. The van der Waals surface area contributed by atoms with Crippen LogP contribution in [0.15, 0.2) is 0 Å². The van der Waals surface area contributed by atoms with E-state index in [0.717, 1.165) is 45.4 Å². The van der Waals surface area contributed by atoms with Crippen molar-refractivity contribution in [3.63, 3.8) is 0 Å². The minimum atomic E-state index is -0.0705. The van der Waals surface area contributed by atoms with Crippen LogP contribution in [0.5, 0.6) is 0 Å². The highest BCUT2D eigenvalue weighted by atomic mass is 35.5. The predicted octanol–water partition coefficient (Wildman–Crippen LogP) is -0.182. The predicted molar refractivity (Wildman–Crippen MR) is 84.3 cm³/mol. The Bertz CT molecular complexity index is 374. The van der Waals surface area contributed by atoms with Crippen molar-refractivity contribution in [3.8, 4) is 0 Å². The molecule has 1 unspecified atom stereocenters. The van der Waals surface area contributed by atoms with Gasteiger partial charge in [0.1, 0.15) is 0 Å². The van der Waals surface area contributed by atoms with Gasteiger partial charge in [-0.05, 0) is 37.8 Å². The Labute approximate surface area is 132 Å². The number of hydrogen-bond acceptors (Lipinski definition) is 4. The Morgan fingerprint density at radius 3 is 2.48 bits per heavy atom. The second kappa shape index (κ2) is 7.96. The summed E-state index contributed by atoms with van der Waals surface area (Å²) in [6.45, 7) is 6.72. The van der Waals surface area contributed by atoms with Crippen molar-refractivity contribution in [1.82, 2.24) is 15.1 Å². The molecule has 21 heavy (non-hydrogen) atoms. The molecule has 2 heterocycles. The van der Waals surface area contributed by atoms with Gasteiger partial charge in [-0.2, -0.15) is 0 Å².